The van der Waals surface area contributed by atoms with Crippen molar-refractivity contribution in [1.29, 1.82) is 0 Å². The van der Waals surface area contributed by atoms with Crippen molar-refractivity contribution in [3.8, 4) is 0 Å². The minimum Gasteiger partial charge on any atom is -0.481 e. The zero-order valence-corrected chi connectivity index (χ0v) is 12.2. The third-order valence-corrected chi connectivity index (χ3v) is 2.70. The highest BCUT2D eigenvalue weighted by atomic mass is 16.4. The number of aliphatic carboxylic acids is 1. The molecule has 0 aromatic heterocycles. The van der Waals surface area contributed by atoms with E-state index in [1.54, 1.807) is 0 Å². The van der Waals surface area contributed by atoms with E-state index >= 15 is 0 Å². The topological polar surface area (TPSA) is 66.4 Å². The Balaban J connectivity index is 4.12. The molecule has 0 rings (SSSR count). The van der Waals surface area contributed by atoms with Crippen LogP contribution in [0.15, 0.2) is 0 Å². The third kappa shape index (κ3) is 9.02. The standard InChI is InChI=1S/C14H27NO3/c1-10(2)6-7-12(16)15-9-11(13(17)18)8-14(3,4)5/h10-11H,6-9H2,1-5H3,(H,15,16)(H,17,18). The van der Waals surface area contributed by atoms with E-state index in [0.29, 0.717) is 18.8 Å². The van der Waals surface area contributed by atoms with E-state index in [9.17, 15) is 9.59 Å². The highest BCUT2D eigenvalue weighted by Gasteiger charge is 2.24. The van der Waals surface area contributed by atoms with Crippen LogP contribution in [0.3, 0.4) is 0 Å². The second-order valence-corrected chi connectivity index (χ2v) is 6.54. The Labute approximate surface area is 110 Å². The molecule has 4 heteroatoms. The maximum Gasteiger partial charge on any atom is 0.308 e. The van der Waals surface area contributed by atoms with Crippen molar-refractivity contribution in [2.45, 2.75) is 53.9 Å². The molecular formula is C14H27NO3. The van der Waals surface area contributed by atoms with Crippen LogP contribution >= 0.6 is 0 Å². The number of amides is 1. The molecular weight excluding hydrogens is 230 g/mol. The largest absolute Gasteiger partial charge is 0.481 e. The van der Waals surface area contributed by atoms with Crippen LogP contribution in [0.5, 0.6) is 0 Å². The Kier molecular flexibility index (Phi) is 6.96. The Morgan fingerprint density at radius 1 is 1.22 bits per heavy atom. The van der Waals surface area contributed by atoms with E-state index in [-0.39, 0.29) is 17.9 Å². The van der Waals surface area contributed by atoms with Gasteiger partial charge in [-0.15, -0.1) is 0 Å². The maximum absolute atomic E-state index is 11.5. The predicted octanol–water partition coefficient (Wildman–Crippen LogP) is 2.68. The molecule has 0 heterocycles. The predicted molar refractivity (Wildman–Crippen MR) is 72.3 cm³/mol. The Morgan fingerprint density at radius 3 is 2.17 bits per heavy atom. The van der Waals surface area contributed by atoms with Crippen molar-refractivity contribution in [2.24, 2.45) is 17.3 Å². The van der Waals surface area contributed by atoms with E-state index in [2.05, 4.69) is 19.2 Å². The normalized spacial score (nSPS) is 13.4. The summed E-state index contributed by atoms with van der Waals surface area (Å²) in [5.74, 6) is -0.911. The number of hydrogen-bond donors (Lipinski definition) is 2. The zero-order valence-electron chi connectivity index (χ0n) is 12.2. The summed E-state index contributed by atoms with van der Waals surface area (Å²) in [6.07, 6.45) is 1.87. The molecule has 0 aliphatic rings. The molecule has 0 radical (unpaired) electrons. The second-order valence-electron chi connectivity index (χ2n) is 6.54. The van der Waals surface area contributed by atoms with Gasteiger partial charge < -0.3 is 10.4 Å². The van der Waals surface area contributed by atoms with Gasteiger partial charge in [-0.1, -0.05) is 34.6 Å². The van der Waals surface area contributed by atoms with Gasteiger partial charge in [0.1, 0.15) is 0 Å². The van der Waals surface area contributed by atoms with Crippen molar-refractivity contribution in [1.82, 2.24) is 5.32 Å². The molecule has 0 saturated heterocycles. The van der Waals surface area contributed by atoms with Crippen LogP contribution in [0.2, 0.25) is 0 Å². The fourth-order valence-electron chi connectivity index (χ4n) is 1.73. The monoisotopic (exact) mass is 257 g/mol. The van der Waals surface area contributed by atoms with Crippen LogP contribution in [0, 0.1) is 17.3 Å². The first kappa shape index (κ1) is 16.9. The van der Waals surface area contributed by atoms with E-state index in [0.717, 1.165) is 6.42 Å². The lowest BCUT2D eigenvalue weighted by molar-refractivity contribution is -0.142. The fourth-order valence-corrected chi connectivity index (χ4v) is 1.73. The van der Waals surface area contributed by atoms with Crippen molar-refractivity contribution in [3.05, 3.63) is 0 Å². The van der Waals surface area contributed by atoms with Crippen molar-refractivity contribution in [3.63, 3.8) is 0 Å². The Bertz CT molecular complexity index is 279. The number of carboxylic acid groups (broad SMARTS) is 1. The molecule has 1 amide bonds. The number of hydrogen-bond acceptors (Lipinski definition) is 2. The lowest BCUT2D eigenvalue weighted by Gasteiger charge is -2.23. The molecule has 0 spiro atoms. The first-order valence-electron chi connectivity index (χ1n) is 6.61. The molecule has 0 aromatic carbocycles. The van der Waals surface area contributed by atoms with Crippen LogP contribution < -0.4 is 5.32 Å². The molecule has 4 nitrogen and oxygen atoms in total. The minimum atomic E-state index is -0.839. The molecule has 1 atom stereocenters. The summed E-state index contributed by atoms with van der Waals surface area (Å²) in [6, 6.07) is 0. The Hall–Kier alpha value is -1.06. The van der Waals surface area contributed by atoms with Crippen LogP contribution in [-0.2, 0) is 9.59 Å². The molecule has 0 fully saturated rings. The van der Waals surface area contributed by atoms with Crippen LogP contribution in [0.25, 0.3) is 0 Å². The molecule has 0 aliphatic carbocycles. The molecule has 1 unspecified atom stereocenters. The molecule has 0 saturated carbocycles. The summed E-state index contributed by atoms with van der Waals surface area (Å²) in [4.78, 5) is 22.6. The molecule has 0 aromatic rings. The summed E-state index contributed by atoms with van der Waals surface area (Å²) in [5.41, 5.74) is -0.0499. The van der Waals surface area contributed by atoms with Crippen LogP contribution in [0.4, 0.5) is 0 Å². The number of carbonyl (C=O) groups excluding carboxylic acids is 1. The van der Waals surface area contributed by atoms with Gasteiger partial charge in [-0.25, -0.2) is 0 Å². The van der Waals surface area contributed by atoms with Crippen molar-refractivity contribution in [2.75, 3.05) is 6.54 Å². The molecule has 0 aliphatic heterocycles. The second kappa shape index (κ2) is 7.39. The number of carboxylic acids is 1. The molecule has 2 N–H and O–H groups in total. The van der Waals surface area contributed by atoms with Crippen molar-refractivity contribution >= 4 is 11.9 Å². The molecule has 106 valence electrons. The van der Waals surface area contributed by atoms with Gasteiger partial charge >= 0.3 is 5.97 Å². The quantitative estimate of drug-likeness (QED) is 0.737. The van der Waals surface area contributed by atoms with Gasteiger partial charge in [-0.3, -0.25) is 9.59 Å². The van der Waals surface area contributed by atoms with Gasteiger partial charge in [-0.05, 0) is 24.2 Å². The fraction of sp³-hybridized carbons (Fsp3) is 0.857. The van der Waals surface area contributed by atoms with Gasteiger partial charge in [-0.2, -0.15) is 0 Å². The average Bonchev–Trinajstić information content (AvgIpc) is 2.19. The number of rotatable bonds is 7. The van der Waals surface area contributed by atoms with E-state index < -0.39 is 11.9 Å². The van der Waals surface area contributed by atoms with Gasteiger partial charge in [0, 0.05) is 13.0 Å². The molecule has 18 heavy (non-hydrogen) atoms. The van der Waals surface area contributed by atoms with E-state index in [1.807, 2.05) is 20.8 Å². The first-order valence-corrected chi connectivity index (χ1v) is 6.61. The van der Waals surface area contributed by atoms with Crippen LogP contribution in [0.1, 0.15) is 53.9 Å². The van der Waals surface area contributed by atoms with Gasteiger partial charge in [0.2, 0.25) is 5.91 Å². The van der Waals surface area contributed by atoms with E-state index in [1.165, 1.54) is 0 Å². The van der Waals surface area contributed by atoms with E-state index in [4.69, 9.17) is 5.11 Å². The lowest BCUT2D eigenvalue weighted by atomic mass is 9.84. The summed E-state index contributed by atoms with van der Waals surface area (Å²) >= 11 is 0. The van der Waals surface area contributed by atoms with Gasteiger partial charge in [0.25, 0.3) is 0 Å². The highest BCUT2D eigenvalue weighted by Crippen LogP contribution is 2.24. The summed E-state index contributed by atoms with van der Waals surface area (Å²) in [5, 5.41) is 11.8. The average molecular weight is 257 g/mol. The summed E-state index contributed by atoms with van der Waals surface area (Å²) in [7, 11) is 0. The summed E-state index contributed by atoms with van der Waals surface area (Å²) < 4.78 is 0. The van der Waals surface area contributed by atoms with Gasteiger partial charge in [0.15, 0.2) is 0 Å². The number of nitrogens with one attached hydrogen (secondary N) is 1. The summed E-state index contributed by atoms with van der Waals surface area (Å²) in [6.45, 7) is 10.4. The SMILES string of the molecule is CC(C)CCC(=O)NCC(CC(C)(C)C)C(=O)O. The lowest BCUT2D eigenvalue weighted by Crippen LogP contribution is -2.35. The maximum atomic E-state index is 11.5. The Morgan fingerprint density at radius 2 is 1.78 bits per heavy atom. The third-order valence-electron chi connectivity index (χ3n) is 2.70. The number of carbonyl (C=O) groups is 2. The minimum absolute atomic E-state index is 0.0499. The van der Waals surface area contributed by atoms with Crippen molar-refractivity contribution < 1.29 is 14.7 Å². The zero-order chi connectivity index (χ0) is 14.3. The molecule has 0 bridgehead atoms. The smallest absolute Gasteiger partial charge is 0.308 e. The first-order chi connectivity index (χ1) is 8.11. The highest BCUT2D eigenvalue weighted by molar-refractivity contribution is 5.77. The van der Waals surface area contributed by atoms with Gasteiger partial charge in [0.05, 0.1) is 5.92 Å². The van der Waals surface area contributed by atoms with Crippen LogP contribution in [-0.4, -0.2) is 23.5 Å².